The lowest BCUT2D eigenvalue weighted by Gasteiger charge is -2.37. The summed E-state index contributed by atoms with van der Waals surface area (Å²) in [6.45, 7) is 4.50. The molecule has 0 radical (unpaired) electrons. The Morgan fingerprint density at radius 1 is 0.970 bits per heavy atom. The van der Waals surface area contributed by atoms with Gasteiger partial charge in [0.05, 0.1) is 5.02 Å². The summed E-state index contributed by atoms with van der Waals surface area (Å²) >= 11 is 7.75. The van der Waals surface area contributed by atoms with Crippen molar-refractivity contribution >= 4 is 46.5 Å². The van der Waals surface area contributed by atoms with Crippen LogP contribution in [0, 0.1) is 0 Å². The zero-order valence-electron chi connectivity index (χ0n) is 18.7. The normalized spacial score (nSPS) is 13.9. The molecule has 2 heterocycles. The summed E-state index contributed by atoms with van der Waals surface area (Å²) in [6.07, 6.45) is 4.08. The number of pyridine rings is 1. The van der Waals surface area contributed by atoms with Crippen LogP contribution < -0.4 is 15.1 Å². The molecule has 0 aliphatic carbocycles. The molecule has 1 aromatic heterocycles. The first-order valence-electron chi connectivity index (χ1n) is 11.0. The first kappa shape index (κ1) is 23.4. The highest BCUT2D eigenvalue weighted by Gasteiger charge is 2.17. The van der Waals surface area contributed by atoms with Crippen molar-refractivity contribution in [3.8, 4) is 0 Å². The standard InChI is InChI=1S/C25H28ClN5OS/c1-29(33-24-5-3-2-4-23(24)26)15-12-25(32)28-20-6-8-21(9-7-20)30-16-18-31(19-17-30)22-10-13-27-14-11-22/h2-11,13-14H,12,15-19H2,1H3,(H,28,32). The smallest absolute Gasteiger partial charge is 0.225 e. The summed E-state index contributed by atoms with van der Waals surface area (Å²) in [4.78, 5) is 22.2. The number of carbonyl (C=O) groups excluding carboxylic acids is 1. The number of nitrogens with one attached hydrogen (secondary N) is 1. The molecule has 1 saturated heterocycles. The highest BCUT2D eigenvalue weighted by Crippen LogP contribution is 2.28. The monoisotopic (exact) mass is 481 g/mol. The van der Waals surface area contributed by atoms with Crippen LogP contribution in [0.4, 0.5) is 17.1 Å². The van der Waals surface area contributed by atoms with E-state index in [0.717, 1.165) is 41.8 Å². The fourth-order valence-corrected chi connectivity index (χ4v) is 4.80. The Morgan fingerprint density at radius 3 is 2.21 bits per heavy atom. The number of amides is 1. The second kappa shape index (κ2) is 11.4. The number of hydrogen-bond donors (Lipinski definition) is 1. The Balaban J connectivity index is 1.21. The molecule has 2 aromatic carbocycles. The SMILES string of the molecule is CN(CCC(=O)Nc1ccc(N2CCN(c3ccncc3)CC2)cc1)Sc1ccccc1Cl. The highest BCUT2D eigenvalue weighted by molar-refractivity contribution is 7.97. The van der Waals surface area contributed by atoms with E-state index in [0.29, 0.717) is 13.0 Å². The highest BCUT2D eigenvalue weighted by atomic mass is 35.5. The van der Waals surface area contributed by atoms with E-state index in [4.69, 9.17) is 11.6 Å². The van der Waals surface area contributed by atoms with E-state index in [-0.39, 0.29) is 5.91 Å². The third kappa shape index (κ3) is 6.63. The van der Waals surface area contributed by atoms with E-state index >= 15 is 0 Å². The summed E-state index contributed by atoms with van der Waals surface area (Å²) in [6, 6.07) is 19.9. The molecule has 6 nitrogen and oxygen atoms in total. The number of nitrogens with zero attached hydrogens (tertiary/aromatic N) is 4. The summed E-state index contributed by atoms with van der Waals surface area (Å²) in [5.74, 6) is 0.000300. The van der Waals surface area contributed by atoms with E-state index in [1.165, 1.54) is 11.4 Å². The number of hydrogen-bond acceptors (Lipinski definition) is 6. The van der Waals surface area contributed by atoms with Crippen molar-refractivity contribution < 1.29 is 4.79 Å². The van der Waals surface area contributed by atoms with E-state index in [1.54, 1.807) is 11.9 Å². The van der Waals surface area contributed by atoms with E-state index in [9.17, 15) is 4.79 Å². The molecule has 33 heavy (non-hydrogen) atoms. The van der Waals surface area contributed by atoms with Gasteiger partial charge >= 0.3 is 0 Å². The average molecular weight is 482 g/mol. The van der Waals surface area contributed by atoms with Crippen LogP contribution in [0.2, 0.25) is 5.02 Å². The van der Waals surface area contributed by atoms with E-state index < -0.39 is 0 Å². The molecule has 1 N–H and O–H groups in total. The van der Waals surface area contributed by atoms with Gasteiger partial charge in [0.15, 0.2) is 0 Å². The van der Waals surface area contributed by atoms with Crippen LogP contribution in [0.25, 0.3) is 0 Å². The Hall–Kier alpha value is -2.74. The number of piperazine rings is 1. The molecule has 3 aromatic rings. The Labute approximate surface area is 204 Å². The van der Waals surface area contributed by atoms with Gasteiger partial charge in [-0.1, -0.05) is 23.7 Å². The number of carbonyl (C=O) groups is 1. The van der Waals surface area contributed by atoms with Crippen LogP contribution >= 0.6 is 23.5 Å². The topological polar surface area (TPSA) is 51.7 Å². The van der Waals surface area contributed by atoms with Crippen molar-refractivity contribution in [3.63, 3.8) is 0 Å². The molecule has 1 aliphatic heterocycles. The molecule has 0 bridgehead atoms. The molecular weight excluding hydrogens is 454 g/mol. The number of aromatic nitrogens is 1. The van der Waals surface area contributed by atoms with Crippen LogP contribution in [-0.2, 0) is 4.79 Å². The summed E-state index contributed by atoms with van der Waals surface area (Å²) in [5, 5.41) is 3.72. The molecule has 8 heteroatoms. The van der Waals surface area contributed by atoms with E-state index in [2.05, 4.69) is 44.4 Å². The Morgan fingerprint density at radius 2 is 1.58 bits per heavy atom. The molecule has 1 aliphatic rings. The second-order valence-electron chi connectivity index (χ2n) is 7.90. The van der Waals surface area contributed by atoms with E-state index in [1.807, 2.05) is 60.1 Å². The van der Waals surface area contributed by atoms with Crippen molar-refractivity contribution in [2.75, 3.05) is 54.9 Å². The molecule has 1 fully saturated rings. The van der Waals surface area contributed by atoms with Crippen molar-refractivity contribution in [2.45, 2.75) is 11.3 Å². The van der Waals surface area contributed by atoms with Crippen molar-refractivity contribution in [1.82, 2.24) is 9.29 Å². The van der Waals surface area contributed by atoms with Crippen LogP contribution in [0.15, 0.2) is 78.0 Å². The average Bonchev–Trinajstić information content (AvgIpc) is 2.85. The number of benzene rings is 2. The lowest BCUT2D eigenvalue weighted by atomic mass is 10.2. The predicted molar refractivity (Wildman–Crippen MR) is 138 cm³/mol. The van der Waals surface area contributed by atoms with Gasteiger partial charge in [0.2, 0.25) is 5.91 Å². The third-order valence-corrected chi connectivity index (χ3v) is 7.06. The molecule has 0 spiro atoms. The summed E-state index contributed by atoms with van der Waals surface area (Å²) < 4.78 is 2.02. The van der Waals surface area contributed by atoms with Crippen molar-refractivity contribution in [3.05, 3.63) is 78.1 Å². The first-order valence-corrected chi connectivity index (χ1v) is 12.2. The van der Waals surface area contributed by atoms with Gasteiger partial charge in [-0.15, -0.1) is 0 Å². The van der Waals surface area contributed by atoms with Crippen LogP contribution in [0.1, 0.15) is 6.42 Å². The number of rotatable bonds is 8. The first-order chi connectivity index (χ1) is 16.1. The lowest BCUT2D eigenvalue weighted by Crippen LogP contribution is -2.46. The maximum atomic E-state index is 12.4. The van der Waals surface area contributed by atoms with Gasteiger partial charge in [0.1, 0.15) is 0 Å². The van der Waals surface area contributed by atoms with Gasteiger partial charge in [0.25, 0.3) is 0 Å². The summed E-state index contributed by atoms with van der Waals surface area (Å²) in [7, 11) is 1.96. The van der Waals surface area contributed by atoms with Gasteiger partial charge in [0, 0.05) is 73.5 Å². The van der Waals surface area contributed by atoms with Crippen molar-refractivity contribution in [1.29, 1.82) is 0 Å². The van der Waals surface area contributed by atoms with Gasteiger partial charge in [-0.2, -0.15) is 0 Å². The Bertz CT molecular complexity index is 1040. The minimum absolute atomic E-state index is 0.000300. The molecule has 1 amide bonds. The number of anilines is 3. The van der Waals surface area contributed by atoms with Gasteiger partial charge in [-0.3, -0.25) is 9.78 Å². The molecule has 172 valence electrons. The minimum Gasteiger partial charge on any atom is -0.368 e. The Kier molecular flexibility index (Phi) is 8.10. The molecule has 0 saturated carbocycles. The zero-order valence-corrected chi connectivity index (χ0v) is 20.2. The molecule has 0 unspecified atom stereocenters. The zero-order chi connectivity index (χ0) is 23.0. The number of halogens is 1. The van der Waals surface area contributed by atoms with Gasteiger partial charge < -0.3 is 15.1 Å². The summed E-state index contributed by atoms with van der Waals surface area (Å²) in [5.41, 5.74) is 3.22. The lowest BCUT2D eigenvalue weighted by molar-refractivity contribution is -0.116. The maximum Gasteiger partial charge on any atom is 0.225 e. The van der Waals surface area contributed by atoms with Crippen LogP contribution in [-0.4, -0.2) is 55.0 Å². The second-order valence-corrected chi connectivity index (χ2v) is 9.55. The van der Waals surface area contributed by atoms with Gasteiger partial charge in [-0.25, -0.2) is 4.31 Å². The van der Waals surface area contributed by atoms with Crippen LogP contribution in [0.5, 0.6) is 0 Å². The molecule has 0 atom stereocenters. The largest absolute Gasteiger partial charge is 0.368 e. The minimum atomic E-state index is 0.000300. The molecular formula is C25H28ClN5OS. The maximum absolute atomic E-state index is 12.4. The van der Waals surface area contributed by atoms with Crippen LogP contribution in [0.3, 0.4) is 0 Å². The fourth-order valence-electron chi connectivity index (χ4n) is 3.75. The molecule has 4 rings (SSSR count). The van der Waals surface area contributed by atoms with Gasteiger partial charge in [-0.05, 0) is 67.5 Å². The fraction of sp³-hybridized carbons (Fsp3) is 0.280. The third-order valence-electron chi connectivity index (χ3n) is 5.57. The van der Waals surface area contributed by atoms with Crippen molar-refractivity contribution in [2.24, 2.45) is 0 Å². The quantitative estimate of drug-likeness (QED) is 0.455. The predicted octanol–water partition coefficient (Wildman–Crippen LogP) is 5.03.